The zero-order chi connectivity index (χ0) is 10.3. The largest absolute Gasteiger partial charge is 0.389 e. The van der Waals surface area contributed by atoms with Crippen LogP contribution < -0.4 is 0 Å². The summed E-state index contributed by atoms with van der Waals surface area (Å²) in [4.78, 5) is 1.73. The van der Waals surface area contributed by atoms with E-state index in [1.807, 2.05) is 6.07 Å². The highest BCUT2D eigenvalue weighted by Crippen LogP contribution is 2.21. The third kappa shape index (κ3) is 9.15. The van der Waals surface area contributed by atoms with Crippen LogP contribution in [0, 0.1) is 11.3 Å². The van der Waals surface area contributed by atoms with Crippen LogP contribution in [0.1, 0.15) is 19.3 Å². The lowest BCUT2D eigenvalue weighted by atomic mass is 10.3. The van der Waals surface area contributed by atoms with E-state index in [1.54, 1.807) is 11.9 Å². The second-order valence-electron chi connectivity index (χ2n) is 2.93. The van der Waals surface area contributed by atoms with Gasteiger partial charge in [-0.15, -0.1) is 0 Å². The molecule has 0 aromatic carbocycles. The van der Waals surface area contributed by atoms with Gasteiger partial charge in [-0.1, -0.05) is 0 Å². The fourth-order valence-electron chi connectivity index (χ4n) is 0.902. The lowest BCUT2D eigenvalue weighted by Gasteiger charge is -2.14. The number of halogens is 3. The summed E-state index contributed by atoms with van der Waals surface area (Å²) >= 11 is 0. The first kappa shape index (κ1) is 12.2. The van der Waals surface area contributed by atoms with Crippen LogP contribution in [0.3, 0.4) is 0 Å². The maximum atomic E-state index is 11.7. The van der Waals surface area contributed by atoms with Crippen molar-refractivity contribution >= 4 is 0 Å². The first-order chi connectivity index (χ1) is 5.95. The first-order valence-corrected chi connectivity index (χ1v) is 4.08. The highest BCUT2D eigenvalue weighted by molar-refractivity contribution is 4.70. The molecule has 0 aliphatic heterocycles. The quantitative estimate of drug-likeness (QED) is 0.670. The third-order valence-electron chi connectivity index (χ3n) is 1.61. The van der Waals surface area contributed by atoms with Gasteiger partial charge >= 0.3 is 6.18 Å². The number of hydrogen-bond donors (Lipinski definition) is 0. The van der Waals surface area contributed by atoms with E-state index in [2.05, 4.69) is 0 Å². The highest BCUT2D eigenvalue weighted by atomic mass is 19.4. The maximum Gasteiger partial charge on any atom is 0.389 e. The topological polar surface area (TPSA) is 27.0 Å². The average Bonchev–Trinajstić information content (AvgIpc) is 1.98. The Morgan fingerprint density at radius 3 is 2.38 bits per heavy atom. The molecule has 0 bridgehead atoms. The summed E-state index contributed by atoms with van der Waals surface area (Å²) in [6, 6.07) is 1.94. The van der Waals surface area contributed by atoms with Gasteiger partial charge in [-0.25, -0.2) is 0 Å². The molecule has 0 atom stereocenters. The standard InChI is InChI=1S/C8H13F3N2/c1-13(7-3-5-12)6-2-4-8(9,10)11/h2-4,6-7H2,1H3. The van der Waals surface area contributed by atoms with Crippen LogP contribution in [-0.2, 0) is 0 Å². The van der Waals surface area contributed by atoms with Crippen LogP contribution in [0.5, 0.6) is 0 Å². The fraction of sp³-hybridized carbons (Fsp3) is 0.875. The molecule has 0 aromatic rings. The molecule has 0 unspecified atom stereocenters. The van der Waals surface area contributed by atoms with E-state index in [0.29, 0.717) is 19.5 Å². The average molecular weight is 194 g/mol. The van der Waals surface area contributed by atoms with Gasteiger partial charge in [0, 0.05) is 19.4 Å². The van der Waals surface area contributed by atoms with Gasteiger partial charge in [0.25, 0.3) is 0 Å². The van der Waals surface area contributed by atoms with E-state index in [1.165, 1.54) is 0 Å². The molecule has 0 heterocycles. The number of rotatable bonds is 5. The van der Waals surface area contributed by atoms with Crippen LogP contribution in [0.15, 0.2) is 0 Å². The van der Waals surface area contributed by atoms with Gasteiger partial charge in [0.1, 0.15) is 0 Å². The second kappa shape index (κ2) is 5.81. The van der Waals surface area contributed by atoms with E-state index in [9.17, 15) is 13.2 Å². The van der Waals surface area contributed by atoms with Crippen molar-refractivity contribution in [3.05, 3.63) is 0 Å². The molecule has 0 rings (SSSR count). The van der Waals surface area contributed by atoms with Crippen LogP contribution >= 0.6 is 0 Å². The minimum absolute atomic E-state index is 0.103. The van der Waals surface area contributed by atoms with Crippen molar-refractivity contribution in [2.24, 2.45) is 0 Å². The molecule has 0 radical (unpaired) electrons. The second-order valence-corrected chi connectivity index (χ2v) is 2.93. The third-order valence-corrected chi connectivity index (χ3v) is 1.61. The number of nitriles is 1. The first-order valence-electron chi connectivity index (χ1n) is 4.08. The fourth-order valence-corrected chi connectivity index (χ4v) is 0.902. The molecule has 0 saturated carbocycles. The lowest BCUT2D eigenvalue weighted by Crippen LogP contribution is -2.22. The predicted molar refractivity (Wildman–Crippen MR) is 43.0 cm³/mol. The molecular formula is C8H13F3N2. The monoisotopic (exact) mass is 194 g/mol. The van der Waals surface area contributed by atoms with E-state index in [0.717, 1.165) is 0 Å². The summed E-state index contributed by atoms with van der Waals surface area (Å²) in [6.07, 6.45) is -4.34. The van der Waals surface area contributed by atoms with Crippen molar-refractivity contribution in [2.75, 3.05) is 20.1 Å². The molecule has 0 aliphatic rings. The highest BCUT2D eigenvalue weighted by Gasteiger charge is 2.26. The Balaban J connectivity index is 3.38. The Morgan fingerprint density at radius 2 is 1.92 bits per heavy atom. The zero-order valence-electron chi connectivity index (χ0n) is 7.56. The molecule has 0 amide bonds. The molecule has 0 aliphatic carbocycles. The molecule has 0 saturated heterocycles. The summed E-state index contributed by atoms with van der Waals surface area (Å²) in [5.41, 5.74) is 0. The van der Waals surface area contributed by atoms with Crippen molar-refractivity contribution in [2.45, 2.75) is 25.4 Å². The Morgan fingerprint density at radius 1 is 1.31 bits per heavy atom. The minimum Gasteiger partial charge on any atom is -0.305 e. The van der Waals surface area contributed by atoms with Crippen molar-refractivity contribution in [1.29, 1.82) is 5.26 Å². The Hall–Kier alpha value is -0.760. The summed E-state index contributed by atoms with van der Waals surface area (Å²) in [5, 5.41) is 8.21. The minimum atomic E-state index is -4.06. The SMILES string of the molecule is CN(CCC#N)CCCC(F)(F)F. The number of hydrogen-bond acceptors (Lipinski definition) is 2. The van der Waals surface area contributed by atoms with Gasteiger partial charge < -0.3 is 4.90 Å². The van der Waals surface area contributed by atoms with Crippen LogP contribution in [0.4, 0.5) is 13.2 Å². The molecule has 0 N–H and O–H groups in total. The van der Waals surface area contributed by atoms with E-state index >= 15 is 0 Å². The van der Waals surface area contributed by atoms with Crippen molar-refractivity contribution in [3.63, 3.8) is 0 Å². The van der Waals surface area contributed by atoms with E-state index in [4.69, 9.17) is 5.26 Å². The summed E-state index contributed by atoms with van der Waals surface area (Å²) in [7, 11) is 1.72. The summed E-state index contributed by atoms with van der Waals surface area (Å²) in [5.74, 6) is 0. The zero-order valence-corrected chi connectivity index (χ0v) is 7.56. The Kier molecular flexibility index (Phi) is 5.47. The van der Waals surface area contributed by atoms with Gasteiger partial charge in [-0.2, -0.15) is 18.4 Å². The molecule has 2 nitrogen and oxygen atoms in total. The number of nitrogens with zero attached hydrogens (tertiary/aromatic N) is 2. The van der Waals surface area contributed by atoms with Crippen molar-refractivity contribution in [1.82, 2.24) is 4.90 Å². The predicted octanol–water partition coefficient (Wildman–Crippen LogP) is 2.17. The Bertz CT molecular complexity index is 171. The number of alkyl halides is 3. The summed E-state index contributed by atoms with van der Waals surface area (Å²) < 4.78 is 35.1. The van der Waals surface area contributed by atoms with E-state index < -0.39 is 12.6 Å². The Labute approximate surface area is 75.9 Å². The molecule has 13 heavy (non-hydrogen) atoms. The molecule has 0 aromatic heterocycles. The summed E-state index contributed by atoms with van der Waals surface area (Å²) in [6.45, 7) is 0.926. The van der Waals surface area contributed by atoms with Gasteiger partial charge in [0.15, 0.2) is 0 Å². The van der Waals surface area contributed by atoms with Crippen LogP contribution in [0.25, 0.3) is 0 Å². The van der Waals surface area contributed by atoms with Gasteiger partial charge in [0.05, 0.1) is 6.07 Å². The van der Waals surface area contributed by atoms with Gasteiger partial charge in [0.2, 0.25) is 0 Å². The maximum absolute atomic E-state index is 11.7. The molecular weight excluding hydrogens is 181 g/mol. The molecule has 5 heteroatoms. The van der Waals surface area contributed by atoms with Crippen LogP contribution in [0.2, 0.25) is 0 Å². The van der Waals surface area contributed by atoms with Gasteiger partial charge in [-0.3, -0.25) is 0 Å². The van der Waals surface area contributed by atoms with Gasteiger partial charge in [-0.05, 0) is 20.0 Å². The van der Waals surface area contributed by atoms with Crippen LogP contribution in [-0.4, -0.2) is 31.2 Å². The molecule has 0 spiro atoms. The smallest absolute Gasteiger partial charge is 0.305 e. The van der Waals surface area contributed by atoms with Crippen molar-refractivity contribution < 1.29 is 13.2 Å². The lowest BCUT2D eigenvalue weighted by molar-refractivity contribution is -0.136. The van der Waals surface area contributed by atoms with E-state index in [-0.39, 0.29) is 6.42 Å². The van der Waals surface area contributed by atoms with Crippen molar-refractivity contribution in [3.8, 4) is 6.07 Å². The normalized spacial score (nSPS) is 11.7. The molecule has 76 valence electrons. The molecule has 0 fully saturated rings.